The summed E-state index contributed by atoms with van der Waals surface area (Å²) in [6.45, 7) is 4.39. The Bertz CT molecular complexity index is 899. The zero-order chi connectivity index (χ0) is 19.9. The van der Waals surface area contributed by atoms with Gasteiger partial charge in [0.1, 0.15) is 0 Å². The number of nitriles is 1. The van der Waals surface area contributed by atoms with E-state index in [1.807, 2.05) is 18.2 Å². The number of hydrogen-bond donors (Lipinski definition) is 1. The van der Waals surface area contributed by atoms with Crippen molar-refractivity contribution >= 4 is 23.4 Å². The molecule has 28 heavy (non-hydrogen) atoms. The first-order valence-corrected chi connectivity index (χ1v) is 9.19. The summed E-state index contributed by atoms with van der Waals surface area (Å²) in [6.07, 6.45) is 0. The lowest BCUT2D eigenvalue weighted by Crippen LogP contribution is -2.50. The maximum atomic E-state index is 12.5. The summed E-state index contributed by atoms with van der Waals surface area (Å²) in [6, 6.07) is 16.0. The Labute approximate surface area is 164 Å². The van der Waals surface area contributed by atoms with E-state index in [0.717, 1.165) is 5.69 Å². The molecule has 0 bridgehead atoms. The van der Waals surface area contributed by atoms with Gasteiger partial charge in [-0.1, -0.05) is 18.2 Å². The minimum Gasteiger partial charge on any atom is -0.462 e. The Hall–Kier alpha value is -3.53. The van der Waals surface area contributed by atoms with Crippen molar-refractivity contribution in [2.45, 2.75) is 6.92 Å². The van der Waals surface area contributed by atoms with Crippen LogP contribution in [0.15, 0.2) is 48.5 Å². The summed E-state index contributed by atoms with van der Waals surface area (Å²) in [5.41, 5.74) is 2.45. The van der Waals surface area contributed by atoms with Crippen molar-refractivity contribution in [2.24, 2.45) is 0 Å². The molecule has 3 rings (SSSR count). The van der Waals surface area contributed by atoms with Gasteiger partial charge in [-0.15, -0.1) is 0 Å². The van der Waals surface area contributed by atoms with Crippen molar-refractivity contribution in [2.75, 3.05) is 43.0 Å². The van der Waals surface area contributed by atoms with Gasteiger partial charge in [-0.2, -0.15) is 5.26 Å². The molecule has 0 unspecified atom stereocenters. The number of anilines is 2. The van der Waals surface area contributed by atoms with Crippen molar-refractivity contribution in [1.29, 1.82) is 5.26 Å². The molecule has 2 amide bonds. The first kappa shape index (κ1) is 19.2. The minimum absolute atomic E-state index is 0.201. The number of carbonyl (C=O) groups excluding carboxylic acids is 2. The number of hydrogen-bond acceptors (Lipinski definition) is 5. The van der Waals surface area contributed by atoms with Crippen LogP contribution in [0.1, 0.15) is 22.8 Å². The summed E-state index contributed by atoms with van der Waals surface area (Å²) in [5, 5.41) is 11.8. The summed E-state index contributed by atoms with van der Waals surface area (Å²) in [5.74, 6) is -0.337. The molecule has 0 atom stereocenters. The SMILES string of the molecule is CCOC(=O)c1ccccc1N1CCN(C(=O)Nc2cccc(C#N)c2)CC1. The number of urea groups is 1. The molecule has 7 heteroatoms. The highest BCUT2D eigenvalue weighted by atomic mass is 16.5. The van der Waals surface area contributed by atoms with E-state index in [2.05, 4.69) is 16.3 Å². The topological polar surface area (TPSA) is 85.7 Å². The molecule has 0 aromatic heterocycles. The van der Waals surface area contributed by atoms with Crippen LogP contribution in [0.2, 0.25) is 0 Å². The standard InChI is InChI=1S/C21H22N4O3/c1-2-28-20(26)18-8-3-4-9-19(18)24-10-12-25(13-11-24)21(27)23-17-7-5-6-16(14-17)15-22/h3-9,14H,2,10-13H2,1H3,(H,23,27). The average Bonchev–Trinajstić information content (AvgIpc) is 2.74. The number of nitrogens with one attached hydrogen (secondary N) is 1. The van der Waals surface area contributed by atoms with Gasteiger partial charge in [-0.25, -0.2) is 9.59 Å². The van der Waals surface area contributed by atoms with E-state index in [-0.39, 0.29) is 12.0 Å². The number of esters is 1. The Morgan fingerprint density at radius 2 is 1.86 bits per heavy atom. The molecule has 2 aromatic rings. The summed E-state index contributed by atoms with van der Waals surface area (Å²) in [7, 11) is 0. The Morgan fingerprint density at radius 3 is 2.57 bits per heavy atom. The van der Waals surface area contributed by atoms with Gasteiger partial charge in [0, 0.05) is 31.9 Å². The molecular weight excluding hydrogens is 356 g/mol. The second-order valence-corrected chi connectivity index (χ2v) is 6.33. The number of carbonyl (C=O) groups is 2. The monoisotopic (exact) mass is 378 g/mol. The zero-order valence-electron chi connectivity index (χ0n) is 15.7. The fraction of sp³-hybridized carbons (Fsp3) is 0.286. The number of rotatable bonds is 4. The number of ether oxygens (including phenoxy) is 1. The van der Waals surface area contributed by atoms with Crippen molar-refractivity contribution in [3.8, 4) is 6.07 Å². The molecule has 0 spiro atoms. The van der Waals surface area contributed by atoms with Gasteiger partial charge in [0.25, 0.3) is 0 Å². The fourth-order valence-corrected chi connectivity index (χ4v) is 3.15. The summed E-state index contributed by atoms with van der Waals surface area (Å²) < 4.78 is 5.14. The van der Waals surface area contributed by atoms with E-state index in [0.29, 0.717) is 49.6 Å². The van der Waals surface area contributed by atoms with Crippen LogP contribution in [-0.4, -0.2) is 49.7 Å². The largest absolute Gasteiger partial charge is 0.462 e. The molecule has 1 fully saturated rings. The van der Waals surface area contributed by atoms with Crippen LogP contribution in [0, 0.1) is 11.3 Å². The van der Waals surface area contributed by atoms with Crippen LogP contribution in [-0.2, 0) is 4.74 Å². The number of piperazine rings is 1. The van der Waals surface area contributed by atoms with Gasteiger partial charge >= 0.3 is 12.0 Å². The number of para-hydroxylation sites is 1. The van der Waals surface area contributed by atoms with Gasteiger partial charge in [0.05, 0.1) is 29.5 Å². The van der Waals surface area contributed by atoms with Gasteiger partial charge in [0.2, 0.25) is 0 Å². The highest BCUT2D eigenvalue weighted by molar-refractivity contribution is 5.96. The van der Waals surface area contributed by atoms with Crippen molar-refractivity contribution in [1.82, 2.24) is 4.90 Å². The molecule has 144 valence electrons. The highest BCUT2D eigenvalue weighted by Crippen LogP contribution is 2.23. The van der Waals surface area contributed by atoms with E-state index < -0.39 is 0 Å². The second kappa shape index (κ2) is 8.91. The lowest BCUT2D eigenvalue weighted by Gasteiger charge is -2.36. The molecule has 0 radical (unpaired) electrons. The molecule has 2 aromatic carbocycles. The molecular formula is C21H22N4O3. The average molecular weight is 378 g/mol. The third kappa shape index (κ3) is 4.41. The minimum atomic E-state index is -0.337. The maximum absolute atomic E-state index is 12.5. The fourth-order valence-electron chi connectivity index (χ4n) is 3.15. The predicted octanol–water partition coefficient (Wildman–Crippen LogP) is 3.09. The Balaban J connectivity index is 1.62. The van der Waals surface area contributed by atoms with Crippen molar-refractivity contribution in [3.63, 3.8) is 0 Å². The first-order valence-electron chi connectivity index (χ1n) is 9.19. The molecule has 1 heterocycles. The molecule has 1 N–H and O–H groups in total. The molecule has 1 aliphatic rings. The number of nitrogens with zero attached hydrogens (tertiary/aromatic N) is 3. The quantitative estimate of drug-likeness (QED) is 0.827. The van der Waals surface area contributed by atoms with Crippen LogP contribution in [0.4, 0.5) is 16.2 Å². The highest BCUT2D eigenvalue weighted by Gasteiger charge is 2.24. The van der Waals surface area contributed by atoms with Gasteiger partial charge in [-0.3, -0.25) is 0 Å². The van der Waals surface area contributed by atoms with Crippen LogP contribution < -0.4 is 10.2 Å². The van der Waals surface area contributed by atoms with Crippen LogP contribution >= 0.6 is 0 Å². The number of benzene rings is 2. The Morgan fingerprint density at radius 1 is 1.11 bits per heavy atom. The van der Waals surface area contributed by atoms with Gasteiger partial charge in [-0.05, 0) is 37.3 Å². The molecule has 0 saturated carbocycles. The first-order chi connectivity index (χ1) is 13.6. The smallest absolute Gasteiger partial charge is 0.340 e. The van der Waals surface area contributed by atoms with E-state index in [1.165, 1.54) is 0 Å². The molecule has 1 saturated heterocycles. The maximum Gasteiger partial charge on any atom is 0.340 e. The summed E-state index contributed by atoms with van der Waals surface area (Å²) >= 11 is 0. The molecule has 0 aliphatic carbocycles. The lowest BCUT2D eigenvalue weighted by atomic mass is 10.1. The Kier molecular flexibility index (Phi) is 6.12. The van der Waals surface area contributed by atoms with Crippen molar-refractivity contribution in [3.05, 3.63) is 59.7 Å². The van der Waals surface area contributed by atoms with E-state index in [4.69, 9.17) is 10.00 Å². The third-order valence-electron chi connectivity index (χ3n) is 4.55. The van der Waals surface area contributed by atoms with E-state index >= 15 is 0 Å². The van der Waals surface area contributed by atoms with Crippen LogP contribution in [0.25, 0.3) is 0 Å². The van der Waals surface area contributed by atoms with Gasteiger partial charge in [0.15, 0.2) is 0 Å². The third-order valence-corrected chi connectivity index (χ3v) is 4.55. The van der Waals surface area contributed by atoms with E-state index in [1.54, 1.807) is 42.2 Å². The van der Waals surface area contributed by atoms with Crippen LogP contribution in [0.3, 0.4) is 0 Å². The number of amides is 2. The van der Waals surface area contributed by atoms with Crippen molar-refractivity contribution < 1.29 is 14.3 Å². The lowest BCUT2D eigenvalue weighted by molar-refractivity contribution is 0.0527. The summed E-state index contributed by atoms with van der Waals surface area (Å²) in [4.78, 5) is 28.5. The van der Waals surface area contributed by atoms with E-state index in [9.17, 15) is 9.59 Å². The normalized spacial score (nSPS) is 13.6. The zero-order valence-corrected chi connectivity index (χ0v) is 15.7. The van der Waals surface area contributed by atoms with Crippen LogP contribution in [0.5, 0.6) is 0 Å². The molecule has 1 aliphatic heterocycles. The molecule has 7 nitrogen and oxygen atoms in total. The second-order valence-electron chi connectivity index (χ2n) is 6.33. The van der Waals surface area contributed by atoms with Gasteiger partial charge < -0.3 is 19.9 Å². The predicted molar refractivity (Wildman–Crippen MR) is 106 cm³/mol.